The number of rotatable bonds is 4. The zero-order valence-corrected chi connectivity index (χ0v) is 13.6. The third kappa shape index (κ3) is 4.71. The Morgan fingerprint density at radius 3 is 2.45 bits per heavy atom. The molecule has 0 spiro atoms. The topological polar surface area (TPSA) is 98.2 Å². The van der Waals surface area contributed by atoms with E-state index < -0.39 is 6.04 Å². The van der Waals surface area contributed by atoms with Crippen LogP contribution >= 0.6 is 12.4 Å². The van der Waals surface area contributed by atoms with Crippen molar-refractivity contribution in [1.29, 1.82) is 0 Å². The highest BCUT2D eigenvalue weighted by atomic mass is 35.5. The van der Waals surface area contributed by atoms with Gasteiger partial charge in [0.1, 0.15) is 6.04 Å². The maximum absolute atomic E-state index is 12.2. The Kier molecular flexibility index (Phi) is 6.84. The van der Waals surface area contributed by atoms with Crippen LogP contribution in [0.1, 0.15) is 42.9 Å². The van der Waals surface area contributed by atoms with Gasteiger partial charge in [-0.3, -0.25) is 9.59 Å². The molecule has 0 saturated heterocycles. The number of primary amides is 1. The Hall–Kier alpha value is -1.59. The van der Waals surface area contributed by atoms with Gasteiger partial charge in [0.15, 0.2) is 0 Å². The molecule has 0 heterocycles. The number of amides is 2. The van der Waals surface area contributed by atoms with Crippen LogP contribution in [0.25, 0.3) is 0 Å². The minimum atomic E-state index is -0.681. The van der Waals surface area contributed by atoms with Gasteiger partial charge in [0.05, 0.1) is 0 Å². The average molecular weight is 326 g/mol. The molecule has 1 fully saturated rings. The summed E-state index contributed by atoms with van der Waals surface area (Å²) in [5.41, 5.74) is 13.3. The van der Waals surface area contributed by atoms with Crippen LogP contribution in [0.15, 0.2) is 24.3 Å². The molecule has 122 valence electrons. The van der Waals surface area contributed by atoms with Crippen LogP contribution in [0, 0.1) is 12.8 Å². The number of nitrogens with one attached hydrogen (secondary N) is 1. The predicted octanol–water partition coefficient (Wildman–Crippen LogP) is 1.58. The molecule has 1 aliphatic carbocycles. The van der Waals surface area contributed by atoms with E-state index in [1.165, 1.54) is 0 Å². The number of carbonyl (C=O) groups excluding carboxylic acids is 2. The molecule has 1 aliphatic rings. The third-order valence-corrected chi connectivity index (χ3v) is 4.14. The van der Waals surface area contributed by atoms with E-state index in [4.69, 9.17) is 11.5 Å². The summed E-state index contributed by atoms with van der Waals surface area (Å²) in [6, 6.07) is 6.91. The van der Waals surface area contributed by atoms with Gasteiger partial charge in [-0.2, -0.15) is 0 Å². The van der Waals surface area contributed by atoms with Crippen molar-refractivity contribution in [2.24, 2.45) is 17.4 Å². The number of nitrogens with two attached hydrogens (primary N) is 2. The third-order valence-electron chi connectivity index (χ3n) is 4.14. The molecule has 5 N–H and O–H groups in total. The minimum absolute atomic E-state index is 0. The lowest BCUT2D eigenvalue weighted by molar-refractivity contribution is -0.126. The van der Waals surface area contributed by atoms with Gasteiger partial charge in [-0.1, -0.05) is 36.2 Å². The predicted molar refractivity (Wildman–Crippen MR) is 88.4 cm³/mol. The SMILES string of the molecule is Cc1ccc(C(N)C(=O)NC2CCCC(C(N)=O)C2)cc1.Cl. The molecule has 5 nitrogen and oxygen atoms in total. The van der Waals surface area contributed by atoms with Crippen molar-refractivity contribution < 1.29 is 9.59 Å². The fraction of sp³-hybridized carbons (Fsp3) is 0.500. The summed E-state index contributed by atoms with van der Waals surface area (Å²) in [7, 11) is 0. The summed E-state index contributed by atoms with van der Waals surface area (Å²) in [6.45, 7) is 1.99. The molecule has 22 heavy (non-hydrogen) atoms. The van der Waals surface area contributed by atoms with Crippen LogP contribution in [0.4, 0.5) is 0 Å². The Balaban J connectivity index is 0.00000242. The minimum Gasteiger partial charge on any atom is -0.369 e. The van der Waals surface area contributed by atoms with Gasteiger partial charge < -0.3 is 16.8 Å². The summed E-state index contributed by atoms with van der Waals surface area (Å²) >= 11 is 0. The molecule has 1 aromatic carbocycles. The molecule has 2 rings (SSSR count). The molecule has 6 heteroatoms. The van der Waals surface area contributed by atoms with Gasteiger partial charge in [-0.05, 0) is 31.7 Å². The first-order chi connectivity index (χ1) is 9.97. The van der Waals surface area contributed by atoms with Crippen LogP contribution in [-0.2, 0) is 9.59 Å². The first-order valence-electron chi connectivity index (χ1n) is 7.39. The van der Waals surface area contributed by atoms with Crippen LogP contribution < -0.4 is 16.8 Å². The first-order valence-corrected chi connectivity index (χ1v) is 7.39. The van der Waals surface area contributed by atoms with Crippen molar-refractivity contribution in [1.82, 2.24) is 5.32 Å². The fourth-order valence-electron chi connectivity index (χ4n) is 2.80. The second kappa shape index (κ2) is 8.15. The maximum Gasteiger partial charge on any atom is 0.241 e. The van der Waals surface area contributed by atoms with Crippen LogP contribution in [0.5, 0.6) is 0 Å². The first kappa shape index (κ1) is 18.5. The summed E-state index contributed by atoms with van der Waals surface area (Å²) in [4.78, 5) is 23.5. The van der Waals surface area contributed by atoms with Crippen molar-refractivity contribution in [2.45, 2.75) is 44.7 Å². The summed E-state index contributed by atoms with van der Waals surface area (Å²) in [5.74, 6) is -0.620. The van der Waals surface area contributed by atoms with E-state index >= 15 is 0 Å². The average Bonchev–Trinajstić information content (AvgIpc) is 2.47. The van der Waals surface area contributed by atoms with Crippen molar-refractivity contribution in [3.8, 4) is 0 Å². The van der Waals surface area contributed by atoms with Crippen molar-refractivity contribution in [2.75, 3.05) is 0 Å². The van der Waals surface area contributed by atoms with Crippen molar-refractivity contribution in [3.63, 3.8) is 0 Å². The second-order valence-corrected chi connectivity index (χ2v) is 5.86. The quantitative estimate of drug-likeness (QED) is 0.783. The highest BCUT2D eigenvalue weighted by molar-refractivity contribution is 5.85. The number of carbonyl (C=O) groups is 2. The number of halogens is 1. The molecule has 1 aromatic rings. The highest BCUT2D eigenvalue weighted by Crippen LogP contribution is 2.24. The van der Waals surface area contributed by atoms with E-state index in [0.29, 0.717) is 6.42 Å². The molecule has 2 amide bonds. The summed E-state index contributed by atoms with van der Waals surface area (Å²) in [6.07, 6.45) is 3.20. The molecule has 3 atom stereocenters. The Bertz CT molecular complexity index is 519. The lowest BCUT2D eigenvalue weighted by Crippen LogP contribution is -2.44. The van der Waals surface area contributed by atoms with E-state index in [1.807, 2.05) is 31.2 Å². The zero-order chi connectivity index (χ0) is 15.4. The fourth-order valence-corrected chi connectivity index (χ4v) is 2.80. The number of benzene rings is 1. The van der Waals surface area contributed by atoms with Crippen molar-refractivity contribution >= 4 is 24.2 Å². The van der Waals surface area contributed by atoms with Crippen LogP contribution in [-0.4, -0.2) is 17.9 Å². The number of hydrogen-bond acceptors (Lipinski definition) is 3. The lowest BCUT2D eigenvalue weighted by Gasteiger charge is -2.28. The molecule has 3 unspecified atom stereocenters. The smallest absolute Gasteiger partial charge is 0.241 e. The van der Waals surface area contributed by atoms with Gasteiger partial charge in [-0.25, -0.2) is 0 Å². The zero-order valence-electron chi connectivity index (χ0n) is 12.7. The molecule has 0 bridgehead atoms. The van der Waals surface area contributed by atoms with E-state index in [9.17, 15) is 9.59 Å². The van der Waals surface area contributed by atoms with E-state index in [-0.39, 0.29) is 36.2 Å². The largest absolute Gasteiger partial charge is 0.369 e. The maximum atomic E-state index is 12.2. The molecule has 0 aliphatic heterocycles. The summed E-state index contributed by atoms with van der Waals surface area (Å²) in [5, 5.41) is 2.94. The van der Waals surface area contributed by atoms with Gasteiger partial charge in [0, 0.05) is 12.0 Å². The van der Waals surface area contributed by atoms with Gasteiger partial charge in [0.2, 0.25) is 11.8 Å². The van der Waals surface area contributed by atoms with Gasteiger partial charge >= 0.3 is 0 Å². The standard InChI is InChI=1S/C16H23N3O2.ClH/c1-10-5-7-11(8-6-10)14(17)16(21)19-13-4-2-3-12(9-13)15(18)20;/h5-8,12-14H,2-4,9,17H2,1H3,(H2,18,20)(H,19,21);1H. The van der Waals surface area contributed by atoms with E-state index in [1.54, 1.807) is 0 Å². The molecule has 1 saturated carbocycles. The number of hydrogen-bond donors (Lipinski definition) is 3. The van der Waals surface area contributed by atoms with E-state index in [0.717, 1.165) is 30.4 Å². The molecular formula is C16H24ClN3O2. The van der Waals surface area contributed by atoms with Gasteiger partial charge in [-0.15, -0.1) is 12.4 Å². The van der Waals surface area contributed by atoms with E-state index in [2.05, 4.69) is 5.32 Å². The monoisotopic (exact) mass is 325 g/mol. The lowest BCUT2D eigenvalue weighted by atomic mass is 9.85. The number of aryl methyl sites for hydroxylation is 1. The van der Waals surface area contributed by atoms with Crippen molar-refractivity contribution in [3.05, 3.63) is 35.4 Å². The van der Waals surface area contributed by atoms with Crippen LogP contribution in [0.2, 0.25) is 0 Å². The summed E-state index contributed by atoms with van der Waals surface area (Å²) < 4.78 is 0. The Labute approximate surface area is 137 Å². The normalized spacial score (nSPS) is 22.3. The van der Waals surface area contributed by atoms with Gasteiger partial charge in [0.25, 0.3) is 0 Å². The Morgan fingerprint density at radius 1 is 1.23 bits per heavy atom. The highest BCUT2D eigenvalue weighted by Gasteiger charge is 2.28. The molecule has 0 aromatic heterocycles. The second-order valence-electron chi connectivity index (χ2n) is 5.86. The molecular weight excluding hydrogens is 302 g/mol. The molecule has 0 radical (unpaired) electrons. The Morgan fingerprint density at radius 2 is 1.86 bits per heavy atom. The van der Waals surface area contributed by atoms with Crippen LogP contribution in [0.3, 0.4) is 0 Å².